The average molecular weight is 275 g/mol. The summed E-state index contributed by atoms with van der Waals surface area (Å²) >= 11 is 0. The van der Waals surface area contributed by atoms with Gasteiger partial charge >= 0.3 is 5.97 Å². The van der Waals surface area contributed by atoms with Crippen LogP contribution in [0.4, 0.5) is 0 Å². The van der Waals surface area contributed by atoms with Crippen molar-refractivity contribution in [3.63, 3.8) is 0 Å². The quantitative estimate of drug-likeness (QED) is 0.864. The van der Waals surface area contributed by atoms with Gasteiger partial charge in [-0.15, -0.1) is 0 Å². The number of aliphatic carboxylic acids is 1. The third kappa shape index (κ3) is 3.60. The Labute approximate surface area is 121 Å². The Morgan fingerprint density at radius 1 is 1.35 bits per heavy atom. The van der Waals surface area contributed by atoms with E-state index in [1.807, 2.05) is 0 Å². The standard InChI is InChI=1S/C17H25NO2/c1-3-13-5-7-15(8-6-13)16(4-2)18-10-9-14(12-18)11-17(19)20/h5-8,14,16H,3-4,9-12H2,1-2H3,(H,19,20). The number of rotatable bonds is 6. The minimum Gasteiger partial charge on any atom is -0.481 e. The van der Waals surface area contributed by atoms with Crippen molar-refractivity contribution in [1.29, 1.82) is 0 Å². The van der Waals surface area contributed by atoms with Crippen molar-refractivity contribution < 1.29 is 9.90 Å². The summed E-state index contributed by atoms with van der Waals surface area (Å²) in [6.07, 6.45) is 3.46. The van der Waals surface area contributed by atoms with Crippen LogP contribution in [0.25, 0.3) is 0 Å². The fourth-order valence-electron chi connectivity index (χ4n) is 3.24. The van der Waals surface area contributed by atoms with Crippen LogP contribution >= 0.6 is 0 Å². The van der Waals surface area contributed by atoms with Gasteiger partial charge in [0.15, 0.2) is 0 Å². The van der Waals surface area contributed by atoms with Crippen LogP contribution in [0, 0.1) is 5.92 Å². The van der Waals surface area contributed by atoms with E-state index in [0.717, 1.165) is 32.4 Å². The molecule has 3 nitrogen and oxygen atoms in total. The van der Waals surface area contributed by atoms with E-state index in [1.54, 1.807) is 0 Å². The summed E-state index contributed by atoms with van der Waals surface area (Å²) in [5.41, 5.74) is 2.73. The van der Waals surface area contributed by atoms with Crippen LogP contribution in [0.15, 0.2) is 24.3 Å². The molecule has 1 fully saturated rings. The van der Waals surface area contributed by atoms with Crippen LogP contribution in [0.2, 0.25) is 0 Å². The molecule has 0 amide bonds. The van der Waals surface area contributed by atoms with Crippen LogP contribution in [0.3, 0.4) is 0 Å². The van der Waals surface area contributed by atoms with E-state index in [9.17, 15) is 4.79 Å². The van der Waals surface area contributed by atoms with Gasteiger partial charge in [-0.2, -0.15) is 0 Å². The molecular weight excluding hydrogens is 250 g/mol. The summed E-state index contributed by atoms with van der Waals surface area (Å²) in [4.78, 5) is 13.3. The molecule has 0 radical (unpaired) electrons. The molecule has 2 rings (SSSR count). The maximum atomic E-state index is 10.8. The number of hydrogen-bond acceptors (Lipinski definition) is 2. The topological polar surface area (TPSA) is 40.5 Å². The summed E-state index contributed by atoms with van der Waals surface area (Å²) in [5.74, 6) is -0.353. The van der Waals surface area contributed by atoms with Gasteiger partial charge in [0, 0.05) is 19.0 Å². The molecule has 1 heterocycles. The Kier molecular flexibility index (Phi) is 5.18. The minimum absolute atomic E-state index is 0.307. The van der Waals surface area contributed by atoms with Crippen LogP contribution in [0.1, 0.15) is 50.3 Å². The van der Waals surface area contributed by atoms with Crippen molar-refractivity contribution in [3.05, 3.63) is 35.4 Å². The van der Waals surface area contributed by atoms with E-state index in [1.165, 1.54) is 11.1 Å². The van der Waals surface area contributed by atoms with Gasteiger partial charge in [0.2, 0.25) is 0 Å². The molecule has 1 aliphatic heterocycles. The van der Waals surface area contributed by atoms with E-state index in [2.05, 4.69) is 43.0 Å². The zero-order valence-corrected chi connectivity index (χ0v) is 12.5. The van der Waals surface area contributed by atoms with E-state index < -0.39 is 5.97 Å². The molecule has 2 atom stereocenters. The van der Waals surface area contributed by atoms with Crippen molar-refractivity contribution in [3.8, 4) is 0 Å². The lowest BCUT2D eigenvalue weighted by Crippen LogP contribution is -2.26. The Morgan fingerprint density at radius 3 is 2.60 bits per heavy atom. The van der Waals surface area contributed by atoms with Gasteiger partial charge in [0.1, 0.15) is 0 Å². The van der Waals surface area contributed by atoms with Crippen molar-refractivity contribution in [2.24, 2.45) is 5.92 Å². The third-order valence-electron chi connectivity index (χ3n) is 4.38. The summed E-state index contributed by atoms with van der Waals surface area (Å²) < 4.78 is 0. The molecule has 1 aromatic carbocycles. The van der Waals surface area contributed by atoms with Crippen LogP contribution in [0.5, 0.6) is 0 Å². The van der Waals surface area contributed by atoms with Crippen molar-refractivity contribution in [2.45, 2.75) is 45.6 Å². The Hall–Kier alpha value is -1.35. The first kappa shape index (κ1) is 15.0. The van der Waals surface area contributed by atoms with Crippen LogP contribution in [-0.4, -0.2) is 29.1 Å². The lowest BCUT2D eigenvalue weighted by Gasteiger charge is -2.27. The second kappa shape index (κ2) is 6.89. The summed E-state index contributed by atoms with van der Waals surface area (Å²) in [6, 6.07) is 9.32. The zero-order chi connectivity index (χ0) is 14.5. The van der Waals surface area contributed by atoms with E-state index >= 15 is 0 Å². The number of likely N-dealkylation sites (tertiary alicyclic amines) is 1. The lowest BCUT2D eigenvalue weighted by molar-refractivity contribution is -0.138. The van der Waals surface area contributed by atoms with Gasteiger partial charge in [-0.1, -0.05) is 38.1 Å². The summed E-state index contributed by atoms with van der Waals surface area (Å²) in [5, 5.41) is 8.91. The fourth-order valence-corrected chi connectivity index (χ4v) is 3.24. The Balaban J connectivity index is 2.03. The summed E-state index contributed by atoms with van der Waals surface area (Å²) in [7, 11) is 0. The molecule has 1 saturated heterocycles. The van der Waals surface area contributed by atoms with Crippen molar-refractivity contribution >= 4 is 5.97 Å². The van der Waals surface area contributed by atoms with Gasteiger partial charge in [-0.05, 0) is 42.9 Å². The van der Waals surface area contributed by atoms with Gasteiger partial charge in [0.05, 0.1) is 0 Å². The monoisotopic (exact) mass is 275 g/mol. The number of hydrogen-bond donors (Lipinski definition) is 1. The molecule has 1 N–H and O–H groups in total. The zero-order valence-electron chi connectivity index (χ0n) is 12.5. The number of nitrogens with zero attached hydrogens (tertiary/aromatic N) is 1. The predicted octanol–water partition coefficient (Wildman–Crippen LogP) is 3.50. The van der Waals surface area contributed by atoms with E-state index in [0.29, 0.717) is 18.4 Å². The van der Waals surface area contributed by atoms with Crippen molar-refractivity contribution in [2.75, 3.05) is 13.1 Å². The maximum Gasteiger partial charge on any atom is 0.303 e. The minimum atomic E-state index is -0.669. The first-order valence-electron chi connectivity index (χ1n) is 7.68. The van der Waals surface area contributed by atoms with E-state index in [4.69, 9.17) is 5.11 Å². The largest absolute Gasteiger partial charge is 0.481 e. The van der Waals surface area contributed by atoms with Gasteiger partial charge in [0.25, 0.3) is 0 Å². The van der Waals surface area contributed by atoms with Gasteiger partial charge < -0.3 is 5.11 Å². The number of carbonyl (C=O) groups is 1. The number of carboxylic acid groups (broad SMARTS) is 1. The molecule has 0 spiro atoms. The third-order valence-corrected chi connectivity index (χ3v) is 4.38. The summed E-state index contributed by atoms with van der Waals surface area (Å²) in [6.45, 7) is 6.32. The molecule has 110 valence electrons. The first-order valence-corrected chi connectivity index (χ1v) is 7.68. The second-order valence-electron chi connectivity index (χ2n) is 5.77. The average Bonchev–Trinajstić information content (AvgIpc) is 2.88. The molecule has 0 saturated carbocycles. The highest BCUT2D eigenvalue weighted by molar-refractivity contribution is 5.67. The number of carboxylic acids is 1. The molecular formula is C17H25NO2. The van der Waals surface area contributed by atoms with Crippen molar-refractivity contribution in [1.82, 2.24) is 4.90 Å². The molecule has 3 heteroatoms. The van der Waals surface area contributed by atoms with Gasteiger partial charge in [-0.3, -0.25) is 9.69 Å². The number of aryl methyl sites for hydroxylation is 1. The molecule has 0 aromatic heterocycles. The number of benzene rings is 1. The second-order valence-corrected chi connectivity index (χ2v) is 5.77. The predicted molar refractivity (Wildman–Crippen MR) is 80.8 cm³/mol. The van der Waals surface area contributed by atoms with Crippen LogP contribution < -0.4 is 0 Å². The highest BCUT2D eigenvalue weighted by Gasteiger charge is 2.29. The Morgan fingerprint density at radius 2 is 2.05 bits per heavy atom. The Bertz CT molecular complexity index is 441. The van der Waals surface area contributed by atoms with Crippen LogP contribution in [-0.2, 0) is 11.2 Å². The highest BCUT2D eigenvalue weighted by atomic mass is 16.4. The first-order chi connectivity index (χ1) is 9.63. The molecule has 20 heavy (non-hydrogen) atoms. The normalized spacial score (nSPS) is 21.0. The molecule has 1 aromatic rings. The molecule has 0 aliphatic carbocycles. The smallest absolute Gasteiger partial charge is 0.303 e. The SMILES string of the molecule is CCc1ccc(C(CC)N2CCC(CC(=O)O)C2)cc1. The highest BCUT2D eigenvalue weighted by Crippen LogP contribution is 2.31. The van der Waals surface area contributed by atoms with E-state index in [-0.39, 0.29) is 0 Å². The molecule has 2 unspecified atom stereocenters. The maximum absolute atomic E-state index is 10.8. The lowest BCUT2D eigenvalue weighted by atomic mass is 10.0. The van der Waals surface area contributed by atoms with Gasteiger partial charge in [-0.25, -0.2) is 0 Å². The fraction of sp³-hybridized carbons (Fsp3) is 0.588. The molecule has 0 bridgehead atoms. The molecule has 1 aliphatic rings.